The number of anilines is 1. The highest BCUT2D eigenvalue weighted by molar-refractivity contribution is 5.47. The van der Waals surface area contributed by atoms with E-state index < -0.39 is 0 Å². The lowest BCUT2D eigenvalue weighted by molar-refractivity contribution is 0.464. The fourth-order valence-electron chi connectivity index (χ4n) is 3.58. The van der Waals surface area contributed by atoms with Gasteiger partial charge in [-0.2, -0.15) is 5.26 Å². The van der Waals surface area contributed by atoms with E-state index >= 15 is 0 Å². The molecule has 1 N–H and O–H groups in total. The quantitative estimate of drug-likeness (QED) is 0.919. The van der Waals surface area contributed by atoms with Crippen LogP contribution in [0.4, 0.5) is 5.69 Å². The lowest BCUT2D eigenvalue weighted by Gasteiger charge is -2.29. The first-order valence-corrected chi connectivity index (χ1v) is 8.34. The Kier molecular flexibility index (Phi) is 4.77. The number of hydrogen-bond acceptors (Lipinski definition) is 3. The van der Waals surface area contributed by atoms with Gasteiger partial charge in [0.25, 0.3) is 0 Å². The average molecular weight is 283 g/mol. The third-order valence-corrected chi connectivity index (χ3v) is 4.91. The average Bonchev–Trinajstić information content (AvgIpc) is 3.02. The Morgan fingerprint density at radius 3 is 2.52 bits per heavy atom. The Balaban J connectivity index is 1.53. The lowest BCUT2D eigenvalue weighted by atomic mass is 10.1. The van der Waals surface area contributed by atoms with Crippen LogP contribution in [-0.2, 0) is 6.54 Å². The van der Waals surface area contributed by atoms with Crippen molar-refractivity contribution in [2.24, 2.45) is 5.92 Å². The predicted octanol–water partition coefficient (Wildman–Crippen LogP) is 3.46. The molecular weight excluding hydrogens is 258 g/mol. The molecule has 1 saturated carbocycles. The number of benzene rings is 1. The molecule has 0 aromatic heterocycles. The minimum absolute atomic E-state index is 0.206. The number of nitrogens with one attached hydrogen (secondary N) is 1. The molecule has 0 bridgehead atoms. The van der Waals surface area contributed by atoms with Gasteiger partial charge in [0.2, 0.25) is 0 Å². The van der Waals surface area contributed by atoms with Crippen LogP contribution in [0.5, 0.6) is 0 Å². The topological polar surface area (TPSA) is 39.1 Å². The summed E-state index contributed by atoms with van der Waals surface area (Å²) in [5.74, 6) is 0.206. The van der Waals surface area contributed by atoms with Gasteiger partial charge in [-0.25, -0.2) is 0 Å². The standard InChI is InChI=1S/C18H25N3/c19-13-16-5-4-6-18(16)20-14-15-7-9-17(10-8-15)21-11-2-1-3-12-21/h7-10,16,18,20H,1-6,11-12,14H2. The second-order valence-corrected chi connectivity index (χ2v) is 6.37. The summed E-state index contributed by atoms with van der Waals surface area (Å²) in [5.41, 5.74) is 2.67. The van der Waals surface area contributed by atoms with Crippen molar-refractivity contribution in [2.45, 2.75) is 51.1 Å². The molecular formula is C18H25N3. The smallest absolute Gasteiger partial charge is 0.0672 e. The molecule has 3 heteroatoms. The van der Waals surface area contributed by atoms with E-state index in [1.807, 2.05) is 0 Å². The third-order valence-electron chi connectivity index (χ3n) is 4.91. The van der Waals surface area contributed by atoms with Gasteiger partial charge in [-0.05, 0) is 49.8 Å². The number of rotatable bonds is 4. The molecule has 0 amide bonds. The maximum absolute atomic E-state index is 9.12. The molecule has 21 heavy (non-hydrogen) atoms. The van der Waals surface area contributed by atoms with Crippen LogP contribution in [0.15, 0.2) is 24.3 Å². The summed E-state index contributed by atoms with van der Waals surface area (Å²) in [6.45, 7) is 3.27. The molecule has 1 saturated heterocycles. The van der Waals surface area contributed by atoms with Crippen molar-refractivity contribution < 1.29 is 0 Å². The molecule has 1 heterocycles. The monoisotopic (exact) mass is 283 g/mol. The molecule has 2 unspecified atom stereocenters. The van der Waals surface area contributed by atoms with Crippen LogP contribution in [0.25, 0.3) is 0 Å². The van der Waals surface area contributed by atoms with Crippen LogP contribution in [0, 0.1) is 17.2 Å². The molecule has 112 valence electrons. The van der Waals surface area contributed by atoms with E-state index in [2.05, 4.69) is 40.6 Å². The minimum atomic E-state index is 0.206. The maximum Gasteiger partial charge on any atom is 0.0672 e. The van der Waals surface area contributed by atoms with Crippen molar-refractivity contribution in [3.05, 3.63) is 29.8 Å². The van der Waals surface area contributed by atoms with Crippen LogP contribution in [-0.4, -0.2) is 19.1 Å². The zero-order valence-corrected chi connectivity index (χ0v) is 12.7. The lowest BCUT2D eigenvalue weighted by Crippen LogP contribution is -2.31. The van der Waals surface area contributed by atoms with Gasteiger partial charge in [0, 0.05) is 31.4 Å². The first-order valence-electron chi connectivity index (χ1n) is 8.34. The van der Waals surface area contributed by atoms with E-state index in [1.54, 1.807) is 0 Å². The second-order valence-electron chi connectivity index (χ2n) is 6.37. The summed E-state index contributed by atoms with van der Waals surface area (Å²) in [5, 5.41) is 12.7. The largest absolute Gasteiger partial charge is 0.372 e. The fourth-order valence-corrected chi connectivity index (χ4v) is 3.58. The van der Waals surface area contributed by atoms with Crippen LogP contribution in [0.1, 0.15) is 44.1 Å². The zero-order chi connectivity index (χ0) is 14.5. The Morgan fingerprint density at radius 1 is 1.05 bits per heavy atom. The molecule has 3 rings (SSSR count). The third kappa shape index (κ3) is 3.57. The summed E-state index contributed by atoms with van der Waals surface area (Å²) >= 11 is 0. The van der Waals surface area contributed by atoms with Gasteiger partial charge in [0.1, 0.15) is 0 Å². The van der Waals surface area contributed by atoms with E-state index in [9.17, 15) is 0 Å². The molecule has 2 fully saturated rings. The summed E-state index contributed by atoms with van der Waals surface area (Å²) in [7, 11) is 0. The van der Waals surface area contributed by atoms with Crippen LogP contribution < -0.4 is 10.2 Å². The highest BCUT2D eigenvalue weighted by atomic mass is 15.1. The number of hydrogen-bond donors (Lipinski definition) is 1. The van der Waals surface area contributed by atoms with Gasteiger partial charge < -0.3 is 10.2 Å². The first kappa shape index (κ1) is 14.4. The van der Waals surface area contributed by atoms with Crippen LogP contribution in [0.2, 0.25) is 0 Å². The van der Waals surface area contributed by atoms with E-state index in [-0.39, 0.29) is 5.92 Å². The number of piperidine rings is 1. The Morgan fingerprint density at radius 2 is 1.81 bits per heavy atom. The zero-order valence-electron chi connectivity index (χ0n) is 12.7. The summed E-state index contributed by atoms with van der Waals surface area (Å²) in [6, 6.07) is 11.8. The van der Waals surface area contributed by atoms with Crippen molar-refractivity contribution in [3.8, 4) is 6.07 Å². The van der Waals surface area contributed by atoms with E-state index in [0.29, 0.717) is 6.04 Å². The van der Waals surface area contributed by atoms with Crippen LogP contribution >= 0.6 is 0 Å². The van der Waals surface area contributed by atoms with Gasteiger partial charge in [0.05, 0.1) is 12.0 Å². The molecule has 2 atom stereocenters. The van der Waals surface area contributed by atoms with E-state index in [4.69, 9.17) is 5.26 Å². The molecule has 3 nitrogen and oxygen atoms in total. The van der Waals surface area contributed by atoms with Gasteiger partial charge in [-0.3, -0.25) is 0 Å². The van der Waals surface area contributed by atoms with E-state index in [0.717, 1.165) is 19.4 Å². The molecule has 1 aromatic rings. The van der Waals surface area contributed by atoms with Crippen molar-refractivity contribution >= 4 is 5.69 Å². The molecule has 2 aliphatic rings. The summed E-state index contributed by atoms with van der Waals surface area (Å²) in [4.78, 5) is 2.49. The Bertz CT molecular complexity index is 482. The van der Waals surface area contributed by atoms with Gasteiger partial charge in [-0.1, -0.05) is 18.6 Å². The first-order chi connectivity index (χ1) is 10.4. The van der Waals surface area contributed by atoms with Gasteiger partial charge in [0.15, 0.2) is 0 Å². The second kappa shape index (κ2) is 6.95. The van der Waals surface area contributed by atoms with E-state index in [1.165, 1.54) is 50.0 Å². The molecule has 1 aliphatic heterocycles. The maximum atomic E-state index is 9.12. The fraction of sp³-hybridized carbons (Fsp3) is 0.611. The molecule has 1 aromatic carbocycles. The van der Waals surface area contributed by atoms with Crippen molar-refractivity contribution in [2.75, 3.05) is 18.0 Å². The van der Waals surface area contributed by atoms with Crippen LogP contribution in [0.3, 0.4) is 0 Å². The van der Waals surface area contributed by atoms with Crippen molar-refractivity contribution in [1.29, 1.82) is 5.26 Å². The Labute approximate surface area is 128 Å². The van der Waals surface area contributed by atoms with Crippen molar-refractivity contribution in [3.63, 3.8) is 0 Å². The SMILES string of the molecule is N#CC1CCCC1NCc1ccc(N2CCCCC2)cc1. The van der Waals surface area contributed by atoms with Gasteiger partial charge >= 0.3 is 0 Å². The number of nitrogens with zero attached hydrogens (tertiary/aromatic N) is 2. The molecule has 1 aliphatic carbocycles. The van der Waals surface area contributed by atoms with Gasteiger partial charge in [-0.15, -0.1) is 0 Å². The summed E-state index contributed by atoms with van der Waals surface area (Å²) in [6.07, 6.45) is 7.40. The number of nitriles is 1. The molecule has 0 spiro atoms. The summed E-state index contributed by atoms with van der Waals surface area (Å²) < 4.78 is 0. The van der Waals surface area contributed by atoms with Crippen molar-refractivity contribution in [1.82, 2.24) is 5.32 Å². The molecule has 0 radical (unpaired) electrons. The Hall–Kier alpha value is -1.53. The normalized spacial score (nSPS) is 25.8. The highest BCUT2D eigenvalue weighted by Crippen LogP contribution is 2.25. The highest BCUT2D eigenvalue weighted by Gasteiger charge is 2.26. The predicted molar refractivity (Wildman–Crippen MR) is 86.1 cm³/mol. The minimum Gasteiger partial charge on any atom is -0.372 e.